The molecule has 2 aromatic carbocycles. The minimum Gasteiger partial charge on any atom is -0.310 e. The second-order valence-electron chi connectivity index (χ2n) is 6.28. The molecule has 3 aromatic rings. The Morgan fingerprint density at radius 1 is 1.00 bits per heavy atom. The van der Waals surface area contributed by atoms with Gasteiger partial charge in [0.1, 0.15) is 5.82 Å². The first kappa shape index (κ1) is 19.6. The van der Waals surface area contributed by atoms with E-state index in [1.165, 1.54) is 0 Å². The third-order valence-electron chi connectivity index (χ3n) is 4.10. The molecule has 0 spiro atoms. The number of nitrogens with zero attached hydrogens (tertiary/aromatic N) is 1. The Kier molecular flexibility index (Phi) is 6.39. The highest BCUT2D eigenvalue weighted by Crippen LogP contribution is 2.10. The van der Waals surface area contributed by atoms with Crippen LogP contribution in [0.1, 0.15) is 24.2 Å². The molecule has 8 heteroatoms. The number of rotatable bonds is 6. The number of benzene rings is 2. The number of hydrazine groups is 1. The van der Waals surface area contributed by atoms with Crippen molar-refractivity contribution in [2.24, 2.45) is 0 Å². The number of aromatic amines is 1. The Morgan fingerprint density at radius 3 is 2.50 bits per heavy atom. The Bertz CT molecular complexity index is 1050. The van der Waals surface area contributed by atoms with Gasteiger partial charge >= 0.3 is 0 Å². The van der Waals surface area contributed by atoms with E-state index < -0.39 is 0 Å². The molecular weight excluding hydrogens is 380 g/mol. The fourth-order valence-electron chi connectivity index (χ4n) is 2.70. The first-order chi connectivity index (χ1) is 13.5. The minimum absolute atomic E-state index is 0.139. The average molecular weight is 399 g/mol. The SMILES string of the molecule is O=C(CCCc1nc2ccccc2c(=O)[nH]1)NNC(=O)Cc1ccc(Cl)cc1. The summed E-state index contributed by atoms with van der Waals surface area (Å²) in [7, 11) is 0. The molecule has 0 fully saturated rings. The van der Waals surface area contributed by atoms with Gasteiger partial charge in [-0.15, -0.1) is 0 Å². The maximum Gasteiger partial charge on any atom is 0.258 e. The van der Waals surface area contributed by atoms with Crippen molar-refractivity contribution in [3.63, 3.8) is 0 Å². The third kappa shape index (κ3) is 5.40. The van der Waals surface area contributed by atoms with Gasteiger partial charge in [-0.05, 0) is 36.2 Å². The monoisotopic (exact) mass is 398 g/mol. The molecule has 0 saturated carbocycles. The molecule has 0 aliphatic rings. The highest BCUT2D eigenvalue weighted by atomic mass is 35.5. The van der Waals surface area contributed by atoms with Crippen molar-refractivity contribution in [3.8, 4) is 0 Å². The fourth-order valence-corrected chi connectivity index (χ4v) is 2.83. The van der Waals surface area contributed by atoms with E-state index in [1.807, 2.05) is 6.07 Å². The van der Waals surface area contributed by atoms with Crippen LogP contribution < -0.4 is 16.4 Å². The molecule has 0 radical (unpaired) electrons. The summed E-state index contributed by atoms with van der Waals surface area (Å²) in [6.07, 6.45) is 1.27. The normalized spacial score (nSPS) is 10.6. The van der Waals surface area contributed by atoms with E-state index in [0.29, 0.717) is 34.6 Å². The molecule has 0 aliphatic carbocycles. The molecule has 0 atom stereocenters. The number of carbonyl (C=O) groups excluding carboxylic acids is 2. The van der Waals surface area contributed by atoms with Crippen molar-refractivity contribution in [2.45, 2.75) is 25.7 Å². The number of halogens is 1. The summed E-state index contributed by atoms with van der Waals surface area (Å²) in [4.78, 5) is 42.9. The Balaban J connectivity index is 1.42. The van der Waals surface area contributed by atoms with Gasteiger partial charge < -0.3 is 4.98 Å². The van der Waals surface area contributed by atoms with Crippen LogP contribution in [-0.4, -0.2) is 21.8 Å². The van der Waals surface area contributed by atoms with Gasteiger partial charge in [-0.3, -0.25) is 25.2 Å². The van der Waals surface area contributed by atoms with E-state index in [9.17, 15) is 14.4 Å². The van der Waals surface area contributed by atoms with E-state index in [0.717, 1.165) is 5.56 Å². The van der Waals surface area contributed by atoms with Gasteiger partial charge in [0.15, 0.2) is 0 Å². The standard InChI is InChI=1S/C20H19ClN4O3/c21-14-10-8-13(9-11-14)12-19(27)25-24-18(26)7-3-6-17-22-16-5-2-1-4-15(16)20(28)23-17/h1-2,4-5,8-11H,3,6-7,12H2,(H,24,26)(H,25,27)(H,22,23,28). The number of amides is 2. The van der Waals surface area contributed by atoms with E-state index in [4.69, 9.17) is 11.6 Å². The maximum atomic E-state index is 12.0. The molecule has 0 saturated heterocycles. The largest absolute Gasteiger partial charge is 0.310 e. The van der Waals surface area contributed by atoms with Crippen molar-refractivity contribution in [3.05, 3.63) is 75.3 Å². The van der Waals surface area contributed by atoms with E-state index in [1.54, 1.807) is 42.5 Å². The fraction of sp³-hybridized carbons (Fsp3) is 0.200. The van der Waals surface area contributed by atoms with Crippen LogP contribution in [0.3, 0.4) is 0 Å². The molecule has 0 aliphatic heterocycles. The molecule has 0 bridgehead atoms. The zero-order chi connectivity index (χ0) is 19.9. The van der Waals surface area contributed by atoms with Crippen LogP contribution in [0.4, 0.5) is 0 Å². The smallest absolute Gasteiger partial charge is 0.258 e. The van der Waals surface area contributed by atoms with Crippen LogP contribution in [-0.2, 0) is 22.4 Å². The second kappa shape index (κ2) is 9.14. The number of aromatic nitrogens is 2. The van der Waals surface area contributed by atoms with Crippen molar-refractivity contribution in [1.82, 2.24) is 20.8 Å². The zero-order valence-corrected chi connectivity index (χ0v) is 15.8. The van der Waals surface area contributed by atoms with Crippen LogP contribution in [0.25, 0.3) is 10.9 Å². The van der Waals surface area contributed by atoms with Crippen molar-refractivity contribution < 1.29 is 9.59 Å². The summed E-state index contributed by atoms with van der Waals surface area (Å²) in [6.45, 7) is 0. The van der Waals surface area contributed by atoms with Crippen LogP contribution in [0.15, 0.2) is 53.3 Å². The number of aryl methyl sites for hydroxylation is 1. The average Bonchev–Trinajstić information content (AvgIpc) is 2.68. The van der Waals surface area contributed by atoms with Crippen LogP contribution >= 0.6 is 11.6 Å². The lowest BCUT2D eigenvalue weighted by Gasteiger charge is -2.08. The first-order valence-corrected chi connectivity index (χ1v) is 9.19. The number of hydrogen-bond acceptors (Lipinski definition) is 4. The van der Waals surface area contributed by atoms with Crippen molar-refractivity contribution >= 4 is 34.3 Å². The number of nitrogens with one attached hydrogen (secondary N) is 3. The quantitative estimate of drug-likeness (QED) is 0.554. The van der Waals surface area contributed by atoms with Gasteiger partial charge in [0, 0.05) is 17.9 Å². The summed E-state index contributed by atoms with van der Waals surface area (Å²) in [5.41, 5.74) is 5.99. The molecule has 3 rings (SSSR count). The second-order valence-corrected chi connectivity index (χ2v) is 6.72. The molecule has 144 valence electrons. The maximum absolute atomic E-state index is 12.0. The van der Waals surface area contributed by atoms with Gasteiger partial charge in [-0.1, -0.05) is 35.9 Å². The summed E-state index contributed by atoms with van der Waals surface area (Å²) in [5.74, 6) is -0.105. The highest BCUT2D eigenvalue weighted by Gasteiger charge is 2.08. The summed E-state index contributed by atoms with van der Waals surface area (Å²) in [5, 5.41) is 1.13. The van der Waals surface area contributed by atoms with E-state index in [2.05, 4.69) is 20.8 Å². The van der Waals surface area contributed by atoms with Crippen molar-refractivity contribution in [2.75, 3.05) is 0 Å². The van der Waals surface area contributed by atoms with Crippen LogP contribution in [0, 0.1) is 0 Å². The van der Waals surface area contributed by atoms with Crippen molar-refractivity contribution in [1.29, 1.82) is 0 Å². The van der Waals surface area contributed by atoms with Gasteiger partial charge in [0.2, 0.25) is 11.8 Å². The molecule has 7 nitrogen and oxygen atoms in total. The summed E-state index contributed by atoms with van der Waals surface area (Å²) >= 11 is 5.80. The minimum atomic E-state index is -0.323. The van der Waals surface area contributed by atoms with Crippen LogP contribution in [0.2, 0.25) is 5.02 Å². The summed E-state index contributed by atoms with van der Waals surface area (Å²) < 4.78 is 0. The number of carbonyl (C=O) groups is 2. The van der Waals surface area contributed by atoms with Gasteiger partial charge in [0.05, 0.1) is 17.3 Å². The number of fused-ring (bicyclic) bond motifs is 1. The third-order valence-corrected chi connectivity index (χ3v) is 4.35. The Hall–Kier alpha value is -3.19. The lowest BCUT2D eigenvalue weighted by Crippen LogP contribution is -2.42. The predicted molar refractivity (Wildman–Crippen MR) is 107 cm³/mol. The molecule has 0 unspecified atom stereocenters. The Labute approximate surface area is 166 Å². The number of hydrogen-bond donors (Lipinski definition) is 3. The van der Waals surface area contributed by atoms with E-state index >= 15 is 0 Å². The first-order valence-electron chi connectivity index (χ1n) is 8.81. The molecule has 28 heavy (non-hydrogen) atoms. The number of H-pyrrole nitrogens is 1. The molecular formula is C20H19ClN4O3. The molecule has 3 N–H and O–H groups in total. The number of para-hydroxylation sites is 1. The van der Waals surface area contributed by atoms with Gasteiger partial charge in [0.25, 0.3) is 5.56 Å². The lowest BCUT2D eigenvalue weighted by molar-refractivity contribution is -0.128. The molecule has 2 amide bonds. The van der Waals surface area contributed by atoms with E-state index in [-0.39, 0.29) is 30.2 Å². The summed E-state index contributed by atoms with van der Waals surface area (Å²) in [6, 6.07) is 14.0. The van der Waals surface area contributed by atoms with Gasteiger partial charge in [-0.2, -0.15) is 0 Å². The lowest BCUT2D eigenvalue weighted by atomic mass is 10.1. The zero-order valence-electron chi connectivity index (χ0n) is 15.0. The van der Waals surface area contributed by atoms with Gasteiger partial charge in [-0.25, -0.2) is 4.98 Å². The predicted octanol–water partition coefficient (Wildman–Crippen LogP) is 2.29. The Morgan fingerprint density at radius 2 is 1.71 bits per heavy atom. The molecule has 1 heterocycles. The topological polar surface area (TPSA) is 104 Å². The highest BCUT2D eigenvalue weighted by molar-refractivity contribution is 6.30. The van der Waals surface area contributed by atoms with Crippen LogP contribution in [0.5, 0.6) is 0 Å². The molecule has 1 aromatic heterocycles.